The molecule has 1 rings (SSSR count). The van der Waals surface area contributed by atoms with Gasteiger partial charge in [-0.3, -0.25) is 0 Å². The van der Waals surface area contributed by atoms with Crippen molar-refractivity contribution in [2.75, 3.05) is 13.1 Å². The van der Waals surface area contributed by atoms with Gasteiger partial charge in [-0.1, -0.05) is 0 Å². The Bertz CT molecular complexity index is 276. The zero-order valence-electron chi connectivity index (χ0n) is 11.7. The summed E-state index contributed by atoms with van der Waals surface area (Å²) in [7, 11) is 0. The van der Waals surface area contributed by atoms with Gasteiger partial charge in [-0.05, 0) is 53.0 Å². The summed E-state index contributed by atoms with van der Waals surface area (Å²) in [5, 5.41) is 10.1. The minimum atomic E-state index is -0.553. The van der Waals surface area contributed by atoms with Crippen LogP contribution in [0.15, 0.2) is 0 Å². The normalized spacial score (nSPS) is 22.7. The molecule has 2 atom stereocenters. The predicted molar refractivity (Wildman–Crippen MR) is 70.3 cm³/mol. The minimum absolute atomic E-state index is 0.155. The molecule has 0 aromatic heterocycles. The molecule has 0 bridgehead atoms. The first kappa shape index (κ1) is 15.2. The molecule has 5 heteroatoms. The Morgan fingerprint density at radius 3 is 2.72 bits per heavy atom. The fourth-order valence-electron chi connectivity index (χ4n) is 2.27. The molecule has 0 aromatic rings. The Hall–Kier alpha value is -0.810. The van der Waals surface area contributed by atoms with Crippen molar-refractivity contribution in [3.63, 3.8) is 0 Å². The molecule has 18 heavy (non-hydrogen) atoms. The molecule has 3 N–H and O–H groups in total. The van der Waals surface area contributed by atoms with Crippen LogP contribution in [0.5, 0.6) is 0 Å². The van der Waals surface area contributed by atoms with Gasteiger partial charge in [0, 0.05) is 6.54 Å². The number of carbonyl (C=O) groups is 1. The van der Waals surface area contributed by atoms with E-state index in [-0.39, 0.29) is 12.1 Å². The summed E-state index contributed by atoms with van der Waals surface area (Å²) >= 11 is 0. The van der Waals surface area contributed by atoms with Crippen molar-refractivity contribution in [3.05, 3.63) is 0 Å². The van der Waals surface area contributed by atoms with Crippen LogP contribution in [-0.4, -0.2) is 46.9 Å². The third-order valence-corrected chi connectivity index (χ3v) is 3.08. The van der Waals surface area contributed by atoms with Crippen LogP contribution >= 0.6 is 0 Å². The lowest BCUT2D eigenvalue weighted by Gasteiger charge is -2.39. The van der Waals surface area contributed by atoms with Crippen molar-refractivity contribution in [2.45, 2.75) is 64.2 Å². The molecule has 2 unspecified atom stereocenters. The van der Waals surface area contributed by atoms with Crippen LogP contribution in [-0.2, 0) is 4.74 Å². The van der Waals surface area contributed by atoms with Gasteiger partial charge in [0.15, 0.2) is 0 Å². The maximum Gasteiger partial charge on any atom is 0.410 e. The summed E-state index contributed by atoms with van der Waals surface area (Å²) in [6.07, 6.45) is 2.45. The zero-order valence-corrected chi connectivity index (χ0v) is 11.7. The molecule has 5 nitrogen and oxygen atoms in total. The number of piperidine rings is 1. The molecule has 0 saturated carbocycles. The van der Waals surface area contributed by atoms with Crippen LogP contribution in [0.3, 0.4) is 0 Å². The van der Waals surface area contributed by atoms with Crippen molar-refractivity contribution in [2.24, 2.45) is 5.73 Å². The van der Waals surface area contributed by atoms with E-state index in [1.165, 1.54) is 0 Å². The molecule has 1 aliphatic rings. The highest BCUT2D eigenvalue weighted by atomic mass is 16.6. The number of nitrogens with zero attached hydrogens (tertiary/aromatic N) is 1. The van der Waals surface area contributed by atoms with Gasteiger partial charge in [-0.2, -0.15) is 0 Å². The van der Waals surface area contributed by atoms with Gasteiger partial charge < -0.3 is 20.5 Å². The van der Waals surface area contributed by atoms with E-state index < -0.39 is 11.7 Å². The summed E-state index contributed by atoms with van der Waals surface area (Å²) in [5.74, 6) is 0. The van der Waals surface area contributed by atoms with Gasteiger partial charge in [0.25, 0.3) is 0 Å². The van der Waals surface area contributed by atoms with Gasteiger partial charge in [0.05, 0.1) is 12.1 Å². The number of hydrogen-bond donors (Lipinski definition) is 2. The standard InChI is InChI=1S/C13H26N2O3/c1-13(2,3)18-12(17)15-9-5-4-6-10(15)11(16)7-8-14/h10-11,16H,4-9,14H2,1-3H3. The first-order valence-electron chi connectivity index (χ1n) is 6.73. The number of carbonyl (C=O) groups excluding carboxylic acids is 1. The van der Waals surface area contributed by atoms with Crippen LogP contribution in [0.25, 0.3) is 0 Å². The molecule has 0 radical (unpaired) electrons. The van der Waals surface area contributed by atoms with Crippen molar-refractivity contribution in [3.8, 4) is 0 Å². The third kappa shape index (κ3) is 4.46. The second-order valence-corrected chi connectivity index (χ2v) is 5.88. The minimum Gasteiger partial charge on any atom is -0.444 e. The highest BCUT2D eigenvalue weighted by Gasteiger charge is 2.34. The lowest BCUT2D eigenvalue weighted by Crippen LogP contribution is -2.51. The summed E-state index contributed by atoms with van der Waals surface area (Å²) < 4.78 is 5.38. The average Bonchev–Trinajstić information content (AvgIpc) is 2.27. The van der Waals surface area contributed by atoms with Crippen LogP contribution in [0.2, 0.25) is 0 Å². The van der Waals surface area contributed by atoms with E-state index in [4.69, 9.17) is 10.5 Å². The van der Waals surface area contributed by atoms with Gasteiger partial charge in [0.1, 0.15) is 5.60 Å². The smallest absolute Gasteiger partial charge is 0.410 e. The maximum atomic E-state index is 12.1. The number of rotatable bonds is 3. The van der Waals surface area contributed by atoms with E-state index in [1.54, 1.807) is 4.90 Å². The van der Waals surface area contributed by atoms with Gasteiger partial charge in [-0.15, -0.1) is 0 Å². The zero-order chi connectivity index (χ0) is 13.8. The maximum absolute atomic E-state index is 12.1. The van der Waals surface area contributed by atoms with E-state index >= 15 is 0 Å². The number of hydrogen-bond acceptors (Lipinski definition) is 4. The lowest BCUT2D eigenvalue weighted by molar-refractivity contribution is -0.0174. The van der Waals surface area contributed by atoms with Crippen molar-refractivity contribution in [1.82, 2.24) is 4.90 Å². The number of aliphatic hydroxyl groups excluding tert-OH is 1. The molecule has 1 fully saturated rings. The first-order valence-corrected chi connectivity index (χ1v) is 6.73. The van der Waals surface area contributed by atoms with Crippen molar-refractivity contribution >= 4 is 6.09 Å². The molecule has 1 saturated heterocycles. The summed E-state index contributed by atoms with van der Waals surface area (Å²) in [4.78, 5) is 13.8. The SMILES string of the molecule is CC(C)(C)OC(=O)N1CCCCC1C(O)CCN. The molecule has 1 aliphatic heterocycles. The summed E-state index contributed by atoms with van der Waals surface area (Å²) in [5.41, 5.74) is 4.96. The number of amides is 1. The Morgan fingerprint density at radius 2 is 2.17 bits per heavy atom. The van der Waals surface area contributed by atoms with E-state index in [1.807, 2.05) is 20.8 Å². The Labute approximate surface area is 109 Å². The largest absolute Gasteiger partial charge is 0.444 e. The molecule has 0 aromatic carbocycles. The molecular weight excluding hydrogens is 232 g/mol. The number of nitrogens with two attached hydrogens (primary N) is 1. The summed E-state index contributed by atoms with van der Waals surface area (Å²) in [6, 6.07) is -0.155. The van der Waals surface area contributed by atoms with Crippen molar-refractivity contribution in [1.29, 1.82) is 0 Å². The van der Waals surface area contributed by atoms with Crippen LogP contribution < -0.4 is 5.73 Å². The number of ether oxygens (including phenoxy) is 1. The van der Waals surface area contributed by atoms with Gasteiger partial charge in [-0.25, -0.2) is 4.79 Å². The molecule has 0 spiro atoms. The topological polar surface area (TPSA) is 75.8 Å². The highest BCUT2D eigenvalue weighted by Crippen LogP contribution is 2.23. The monoisotopic (exact) mass is 258 g/mol. The van der Waals surface area contributed by atoms with E-state index in [9.17, 15) is 9.90 Å². The Kier molecular flexibility index (Phi) is 5.41. The first-order chi connectivity index (χ1) is 8.35. The van der Waals surface area contributed by atoms with Crippen LogP contribution in [0.4, 0.5) is 4.79 Å². The quantitative estimate of drug-likeness (QED) is 0.804. The molecular formula is C13H26N2O3. The predicted octanol–water partition coefficient (Wildman–Crippen LogP) is 1.49. The molecule has 1 amide bonds. The fourth-order valence-corrected chi connectivity index (χ4v) is 2.27. The molecule has 1 heterocycles. The summed E-state index contributed by atoms with van der Waals surface area (Å²) in [6.45, 7) is 6.63. The second kappa shape index (κ2) is 6.38. The Balaban J connectivity index is 2.67. The highest BCUT2D eigenvalue weighted by molar-refractivity contribution is 5.68. The number of likely N-dealkylation sites (tertiary alicyclic amines) is 1. The third-order valence-electron chi connectivity index (χ3n) is 3.08. The molecule has 0 aliphatic carbocycles. The van der Waals surface area contributed by atoms with Crippen molar-refractivity contribution < 1.29 is 14.6 Å². The average molecular weight is 258 g/mol. The lowest BCUT2D eigenvalue weighted by atomic mass is 9.96. The second-order valence-electron chi connectivity index (χ2n) is 5.88. The van der Waals surface area contributed by atoms with Gasteiger partial charge in [0.2, 0.25) is 0 Å². The number of aliphatic hydroxyl groups is 1. The van der Waals surface area contributed by atoms with Crippen LogP contribution in [0, 0.1) is 0 Å². The fraction of sp³-hybridized carbons (Fsp3) is 0.923. The van der Waals surface area contributed by atoms with E-state index in [0.717, 1.165) is 19.3 Å². The van der Waals surface area contributed by atoms with E-state index in [0.29, 0.717) is 19.5 Å². The van der Waals surface area contributed by atoms with Gasteiger partial charge >= 0.3 is 6.09 Å². The van der Waals surface area contributed by atoms with E-state index in [2.05, 4.69) is 0 Å². The molecule has 106 valence electrons. The Morgan fingerprint density at radius 1 is 1.50 bits per heavy atom. The van der Waals surface area contributed by atoms with Crippen LogP contribution in [0.1, 0.15) is 46.5 Å².